The second kappa shape index (κ2) is 4.34. The summed E-state index contributed by atoms with van der Waals surface area (Å²) in [6.45, 7) is 0. The molecule has 0 aliphatic rings. The Bertz CT molecular complexity index is 632. The number of nitrogens with two attached hydrogens (primary N) is 1. The van der Waals surface area contributed by atoms with Gasteiger partial charge in [0.05, 0.1) is 16.8 Å². The number of carboxylic acids is 2. The zero-order chi connectivity index (χ0) is 13.3. The zero-order valence-corrected chi connectivity index (χ0v) is 9.18. The number of aromatic carboxylic acids is 2. The fraction of sp³-hybridized carbons (Fsp3) is 0. The molecule has 5 N–H and O–H groups in total. The number of benzene rings is 2. The number of hydrogen-bond donors (Lipinski definition) is 4. The quantitative estimate of drug-likeness (QED) is 0.482. The summed E-state index contributed by atoms with van der Waals surface area (Å²) in [6.07, 6.45) is 0. The van der Waals surface area contributed by atoms with E-state index in [2.05, 4.69) is 5.43 Å². The fourth-order valence-electron chi connectivity index (χ4n) is 1.89. The molecule has 92 valence electrons. The number of nitrogens with one attached hydrogen (secondary N) is 1. The zero-order valence-electron chi connectivity index (χ0n) is 9.18. The standard InChI is InChI=1S/C12H10N2O4/c13-14-9-5-4-8(12(17)18)10-6(9)2-1-3-7(10)11(15)16/h1-5,14H,13H2,(H,15,16)(H,17,18). The van der Waals surface area contributed by atoms with Gasteiger partial charge >= 0.3 is 11.9 Å². The monoisotopic (exact) mass is 246 g/mol. The van der Waals surface area contributed by atoms with Gasteiger partial charge in [-0.05, 0) is 18.2 Å². The van der Waals surface area contributed by atoms with E-state index in [1.807, 2.05) is 0 Å². The summed E-state index contributed by atoms with van der Waals surface area (Å²) < 4.78 is 0. The fourth-order valence-corrected chi connectivity index (χ4v) is 1.89. The number of nitrogen functional groups attached to an aromatic ring is 1. The smallest absolute Gasteiger partial charge is 0.336 e. The van der Waals surface area contributed by atoms with E-state index in [0.29, 0.717) is 11.1 Å². The van der Waals surface area contributed by atoms with Gasteiger partial charge in [-0.25, -0.2) is 9.59 Å². The van der Waals surface area contributed by atoms with Crippen LogP contribution in [0.15, 0.2) is 30.3 Å². The number of hydrogen-bond acceptors (Lipinski definition) is 4. The molecule has 6 nitrogen and oxygen atoms in total. The topological polar surface area (TPSA) is 113 Å². The molecule has 0 radical (unpaired) electrons. The number of fused-ring (bicyclic) bond motifs is 1. The van der Waals surface area contributed by atoms with Gasteiger partial charge in [0.15, 0.2) is 0 Å². The van der Waals surface area contributed by atoms with Crippen LogP contribution in [0, 0.1) is 0 Å². The molecule has 0 saturated carbocycles. The van der Waals surface area contributed by atoms with Crippen molar-refractivity contribution in [2.75, 3.05) is 5.43 Å². The van der Waals surface area contributed by atoms with Crippen molar-refractivity contribution in [2.45, 2.75) is 0 Å². The van der Waals surface area contributed by atoms with Crippen LogP contribution < -0.4 is 11.3 Å². The third-order valence-corrected chi connectivity index (χ3v) is 2.66. The molecule has 0 spiro atoms. The van der Waals surface area contributed by atoms with E-state index in [1.165, 1.54) is 24.3 Å². The first-order valence-electron chi connectivity index (χ1n) is 5.05. The molecule has 0 aliphatic heterocycles. The van der Waals surface area contributed by atoms with Gasteiger partial charge < -0.3 is 15.6 Å². The summed E-state index contributed by atoms with van der Waals surface area (Å²) in [5, 5.41) is 18.8. The largest absolute Gasteiger partial charge is 0.478 e. The summed E-state index contributed by atoms with van der Waals surface area (Å²) in [7, 11) is 0. The number of anilines is 1. The molecule has 2 aromatic carbocycles. The molecule has 0 aromatic heterocycles. The molecular weight excluding hydrogens is 236 g/mol. The van der Waals surface area contributed by atoms with Crippen LogP contribution in [0.1, 0.15) is 20.7 Å². The van der Waals surface area contributed by atoms with Gasteiger partial charge in [0.1, 0.15) is 0 Å². The van der Waals surface area contributed by atoms with Crippen molar-refractivity contribution in [2.24, 2.45) is 5.84 Å². The summed E-state index contributed by atoms with van der Waals surface area (Å²) in [6, 6.07) is 7.34. The van der Waals surface area contributed by atoms with Crippen LogP contribution >= 0.6 is 0 Å². The lowest BCUT2D eigenvalue weighted by Gasteiger charge is -2.10. The molecule has 6 heteroatoms. The molecule has 0 saturated heterocycles. The van der Waals surface area contributed by atoms with Gasteiger partial charge in [-0.1, -0.05) is 12.1 Å². The van der Waals surface area contributed by atoms with Crippen molar-refractivity contribution >= 4 is 28.4 Å². The number of carboxylic acid groups (broad SMARTS) is 2. The molecule has 0 fully saturated rings. The second-order valence-electron chi connectivity index (χ2n) is 3.64. The van der Waals surface area contributed by atoms with Crippen molar-refractivity contribution < 1.29 is 19.8 Å². The maximum atomic E-state index is 11.1. The minimum atomic E-state index is -1.18. The molecule has 0 heterocycles. The highest BCUT2D eigenvalue weighted by Crippen LogP contribution is 2.29. The van der Waals surface area contributed by atoms with Gasteiger partial charge in [0.25, 0.3) is 0 Å². The highest BCUT2D eigenvalue weighted by molar-refractivity contribution is 6.15. The van der Waals surface area contributed by atoms with E-state index < -0.39 is 11.9 Å². The molecule has 0 atom stereocenters. The lowest BCUT2D eigenvalue weighted by atomic mass is 9.98. The maximum Gasteiger partial charge on any atom is 0.336 e. The normalized spacial score (nSPS) is 10.3. The van der Waals surface area contributed by atoms with Gasteiger partial charge in [-0.15, -0.1) is 0 Å². The van der Waals surface area contributed by atoms with Gasteiger partial charge in [-0.2, -0.15) is 0 Å². The van der Waals surface area contributed by atoms with E-state index in [0.717, 1.165) is 0 Å². The van der Waals surface area contributed by atoms with Crippen LogP contribution in [0.5, 0.6) is 0 Å². The Morgan fingerprint density at radius 3 is 2.17 bits per heavy atom. The van der Waals surface area contributed by atoms with Crippen molar-refractivity contribution in [1.29, 1.82) is 0 Å². The molecule has 0 aliphatic carbocycles. The van der Waals surface area contributed by atoms with Gasteiger partial charge in [-0.3, -0.25) is 5.84 Å². The van der Waals surface area contributed by atoms with Gasteiger partial charge in [0, 0.05) is 10.8 Å². The molecule has 2 rings (SSSR count). The van der Waals surface area contributed by atoms with Crippen LogP contribution in [0.3, 0.4) is 0 Å². The molecule has 2 aromatic rings. The van der Waals surface area contributed by atoms with Crippen LogP contribution in [-0.4, -0.2) is 22.2 Å². The Kier molecular flexibility index (Phi) is 2.86. The van der Waals surface area contributed by atoms with Crippen molar-refractivity contribution in [3.63, 3.8) is 0 Å². The van der Waals surface area contributed by atoms with E-state index in [9.17, 15) is 9.59 Å². The van der Waals surface area contributed by atoms with Gasteiger partial charge in [0.2, 0.25) is 0 Å². The number of hydrazine groups is 1. The first-order valence-corrected chi connectivity index (χ1v) is 5.05. The first kappa shape index (κ1) is 11.9. The highest BCUT2D eigenvalue weighted by atomic mass is 16.4. The predicted molar refractivity (Wildman–Crippen MR) is 65.7 cm³/mol. The molecular formula is C12H10N2O4. The predicted octanol–water partition coefficient (Wildman–Crippen LogP) is 1.52. The second-order valence-corrected chi connectivity index (χ2v) is 3.64. The average Bonchev–Trinajstić information content (AvgIpc) is 2.36. The van der Waals surface area contributed by atoms with E-state index in [1.54, 1.807) is 6.07 Å². The summed E-state index contributed by atoms with van der Waals surface area (Å²) in [5.41, 5.74) is 2.75. The SMILES string of the molecule is NNc1ccc(C(=O)O)c2c(C(=O)O)cccc12. The Morgan fingerprint density at radius 1 is 1.00 bits per heavy atom. The Morgan fingerprint density at radius 2 is 1.61 bits per heavy atom. The minimum Gasteiger partial charge on any atom is -0.478 e. The lowest BCUT2D eigenvalue weighted by Crippen LogP contribution is -2.10. The summed E-state index contributed by atoms with van der Waals surface area (Å²) in [4.78, 5) is 22.3. The van der Waals surface area contributed by atoms with Crippen molar-refractivity contribution in [1.82, 2.24) is 0 Å². The minimum absolute atomic E-state index is 0.0676. The van der Waals surface area contributed by atoms with Crippen molar-refractivity contribution in [3.8, 4) is 0 Å². The summed E-state index contributed by atoms with van der Waals surface area (Å²) in [5.74, 6) is 2.96. The van der Waals surface area contributed by atoms with Crippen LogP contribution in [0.25, 0.3) is 10.8 Å². The summed E-state index contributed by atoms with van der Waals surface area (Å²) >= 11 is 0. The highest BCUT2D eigenvalue weighted by Gasteiger charge is 2.17. The molecule has 0 bridgehead atoms. The van der Waals surface area contributed by atoms with Crippen molar-refractivity contribution in [3.05, 3.63) is 41.5 Å². The van der Waals surface area contributed by atoms with E-state index >= 15 is 0 Å². The Balaban J connectivity index is 2.96. The van der Waals surface area contributed by atoms with Crippen LogP contribution in [0.4, 0.5) is 5.69 Å². The third kappa shape index (κ3) is 1.74. The Hall–Kier alpha value is -2.60. The molecule has 0 amide bonds. The van der Waals surface area contributed by atoms with Crippen LogP contribution in [0.2, 0.25) is 0 Å². The lowest BCUT2D eigenvalue weighted by molar-refractivity contribution is 0.0695. The maximum absolute atomic E-state index is 11.1. The number of rotatable bonds is 3. The molecule has 0 unspecified atom stereocenters. The Labute approximate surface area is 102 Å². The van der Waals surface area contributed by atoms with Crippen LogP contribution in [-0.2, 0) is 0 Å². The average molecular weight is 246 g/mol. The first-order chi connectivity index (χ1) is 8.56. The third-order valence-electron chi connectivity index (χ3n) is 2.66. The number of carbonyl (C=O) groups is 2. The van der Waals surface area contributed by atoms with E-state index in [4.69, 9.17) is 16.1 Å². The molecule has 18 heavy (non-hydrogen) atoms. The van der Waals surface area contributed by atoms with E-state index in [-0.39, 0.29) is 16.5 Å².